The molecule has 0 aliphatic rings. The van der Waals surface area contributed by atoms with Crippen LogP contribution in [0.2, 0.25) is 10.0 Å². The Morgan fingerprint density at radius 2 is 1.91 bits per heavy atom. The summed E-state index contributed by atoms with van der Waals surface area (Å²) in [4.78, 5) is 27.4. The van der Waals surface area contributed by atoms with Crippen molar-refractivity contribution in [3.05, 3.63) is 56.7 Å². The van der Waals surface area contributed by atoms with E-state index in [1.165, 1.54) is 17.0 Å². The van der Waals surface area contributed by atoms with Gasteiger partial charge in [0.05, 0.1) is 6.33 Å². The highest BCUT2D eigenvalue weighted by Gasteiger charge is 2.04. The number of urea groups is 1. The lowest BCUT2D eigenvalue weighted by molar-refractivity contribution is 0.251. The molecule has 1 heterocycles. The highest BCUT2D eigenvalue weighted by molar-refractivity contribution is 6.35. The molecular formula is C14H14Cl2N4O2. The number of amides is 2. The number of rotatable bonds is 4. The molecule has 2 amide bonds. The van der Waals surface area contributed by atoms with Crippen LogP contribution in [-0.2, 0) is 6.54 Å². The van der Waals surface area contributed by atoms with Crippen LogP contribution in [0.4, 0.5) is 10.5 Å². The van der Waals surface area contributed by atoms with Crippen LogP contribution in [0.3, 0.4) is 0 Å². The second-order valence-corrected chi connectivity index (χ2v) is 5.47. The van der Waals surface area contributed by atoms with Crippen LogP contribution in [0.25, 0.3) is 0 Å². The van der Waals surface area contributed by atoms with E-state index < -0.39 is 6.03 Å². The SMILES string of the molecule is Cc1cc(=O)n(CCNC(=O)Nc2cc(Cl)cc(Cl)c2)cn1. The Hall–Kier alpha value is -2.05. The van der Waals surface area contributed by atoms with Gasteiger partial charge in [0.1, 0.15) is 0 Å². The Kier molecular flexibility index (Phi) is 5.41. The number of anilines is 1. The molecule has 2 N–H and O–H groups in total. The molecule has 0 aliphatic carbocycles. The lowest BCUT2D eigenvalue weighted by atomic mass is 10.3. The van der Waals surface area contributed by atoms with E-state index in [1.807, 2.05) is 0 Å². The maximum atomic E-state index is 11.8. The summed E-state index contributed by atoms with van der Waals surface area (Å²) in [6.45, 7) is 2.36. The molecule has 0 spiro atoms. The summed E-state index contributed by atoms with van der Waals surface area (Å²) in [7, 11) is 0. The molecule has 0 unspecified atom stereocenters. The molecule has 1 aromatic carbocycles. The number of hydrogen-bond acceptors (Lipinski definition) is 3. The first-order chi connectivity index (χ1) is 10.4. The zero-order chi connectivity index (χ0) is 16.1. The van der Waals surface area contributed by atoms with Gasteiger partial charge in [0.25, 0.3) is 5.56 Å². The zero-order valence-corrected chi connectivity index (χ0v) is 13.3. The molecule has 0 saturated carbocycles. The van der Waals surface area contributed by atoms with Crippen molar-refractivity contribution >= 4 is 34.9 Å². The van der Waals surface area contributed by atoms with Crippen molar-refractivity contribution in [1.29, 1.82) is 0 Å². The molecule has 0 fully saturated rings. The van der Waals surface area contributed by atoms with E-state index in [-0.39, 0.29) is 12.1 Å². The second-order valence-electron chi connectivity index (χ2n) is 4.60. The van der Waals surface area contributed by atoms with Crippen molar-refractivity contribution < 1.29 is 4.79 Å². The first-order valence-electron chi connectivity index (χ1n) is 6.48. The van der Waals surface area contributed by atoms with Crippen molar-refractivity contribution in [2.24, 2.45) is 0 Å². The molecule has 0 atom stereocenters. The standard InChI is InChI=1S/C14H14Cl2N4O2/c1-9-4-13(21)20(8-18-9)3-2-17-14(22)19-12-6-10(15)5-11(16)7-12/h4-8H,2-3H2,1H3,(H2,17,19,22). The largest absolute Gasteiger partial charge is 0.336 e. The minimum Gasteiger partial charge on any atom is -0.336 e. The number of aromatic nitrogens is 2. The summed E-state index contributed by atoms with van der Waals surface area (Å²) in [5.74, 6) is 0. The minimum absolute atomic E-state index is 0.156. The van der Waals surface area contributed by atoms with Crippen LogP contribution in [0.1, 0.15) is 5.69 Å². The summed E-state index contributed by atoms with van der Waals surface area (Å²) in [6.07, 6.45) is 1.45. The average molecular weight is 341 g/mol. The normalized spacial score (nSPS) is 10.3. The van der Waals surface area contributed by atoms with Crippen molar-refractivity contribution in [2.75, 3.05) is 11.9 Å². The maximum Gasteiger partial charge on any atom is 0.319 e. The van der Waals surface area contributed by atoms with Crippen molar-refractivity contribution in [3.8, 4) is 0 Å². The van der Waals surface area contributed by atoms with Gasteiger partial charge in [0, 0.05) is 40.6 Å². The highest BCUT2D eigenvalue weighted by Crippen LogP contribution is 2.22. The fourth-order valence-corrected chi connectivity index (χ4v) is 2.30. The van der Waals surface area contributed by atoms with E-state index in [0.29, 0.717) is 28.0 Å². The third kappa shape index (κ3) is 4.75. The molecule has 0 aliphatic heterocycles. The molecule has 1 aromatic heterocycles. The number of carbonyl (C=O) groups excluding carboxylic acids is 1. The molecule has 2 rings (SSSR count). The van der Waals surface area contributed by atoms with E-state index in [1.54, 1.807) is 25.1 Å². The highest BCUT2D eigenvalue weighted by atomic mass is 35.5. The number of hydrogen-bond donors (Lipinski definition) is 2. The average Bonchev–Trinajstić information content (AvgIpc) is 2.40. The number of aryl methyl sites for hydroxylation is 1. The van der Waals surface area contributed by atoms with E-state index in [9.17, 15) is 9.59 Å². The molecule has 22 heavy (non-hydrogen) atoms. The Balaban J connectivity index is 1.86. The smallest absolute Gasteiger partial charge is 0.319 e. The second kappa shape index (κ2) is 7.29. The van der Waals surface area contributed by atoms with Crippen LogP contribution >= 0.6 is 23.2 Å². The summed E-state index contributed by atoms with van der Waals surface area (Å²) in [6, 6.07) is 5.77. The maximum absolute atomic E-state index is 11.8. The van der Waals surface area contributed by atoms with Crippen molar-refractivity contribution in [1.82, 2.24) is 14.9 Å². The lowest BCUT2D eigenvalue weighted by Gasteiger charge is -2.09. The summed E-state index contributed by atoms with van der Waals surface area (Å²) in [5, 5.41) is 6.11. The first kappa shape index (κ1) is 16.3. The van der Waals surface area contributed by atoms with Gasteiger partial charge < -0.3 is 10.6 Å². The third-order valence-electron chi connectivity index (χ3n) is 2.77. The predicted octanol–water partition coefficient (Wildman–Crippen LogP) is 2.68. The molecule has 116 valence electrons. The molecule has 0 saturated heterocycles. The minimum atomic E-state index is -0.411. The number of benzene rings is 1. The van der Waals surface area contributed by atoms with E-state index in [2.05, 4.69) is 15.6 Å². The van der Waals surface area contributed by atoms with Gasteiger partial charge in [-0.1, -0.05) is 23.2 Å². The molecule has 0 radical (unpaired) electrons. The van der Waals surface area contributed by atoms with Crippen LogP contribution in [-0.4, -0.2) is 22.1 Å². The monoisotopic (exact) mass is 340 g/mol. The number of carbonyl (C=O) groups is 1. The Bertz CT molecular complexity index is 726. The topological polar surface area (TPSA) is 76.0 Å². The third-order valence-corrected chi connectivity index (χ3v) is 3.21. The van der Waals surface area contributed by atoms with Crippen molar-refractivity contribution in [3.63, 3.8) is 0 Å². The number of halogens is 2. The van der Waals surface area contributed by atoms with Crippen LogP contribution in [0.15, 0.2) is 35.4 Å². The van der Waals surface area contributed by atoms with Gasteiger partial charge in [-0.25, -0.2) is 9.78 Å². The van der Waals surface area contributed by atoms with Gasteiger partial charge in [-0.15, -0.1) is 0 Å². The molecule has 0 bridgehead atoms. The fourth-order valence-electron chi connectivity index (χ4n) is 1.78. The molecule has 8 heteroatoms. The molecular weight excluding hydrogens is 327 g/mol. The van der Waals surface area contributed by atoms with Gasteiger partial charge in [0.2, 0.25) is 0 Å². The zero-order valence-electron chi connectivity index (χ0n) is 11.8. The Labute approximate surface area is 137 Å². The van der Waals surface area contributed by atoms with Gasteiger partial charge in [-0.2, -0.15) is 0 Å². The van der Waals surface area contributed by atoms with Crippen molar-refractivity contribution in [2.45, 2.75) is 13.5 Å². The fraction of sp³-hybridized carbons (Fsp3) is 0.214. The predicted molar refractivity (Wildman–Crippen MR) is 86.7 cm³/mol. The Morgan fingerprint density at radius 1 is 1.23 bits per heavy atom. The van der Waals surface area contributed by atoms with E-state index in [0.717, 1.165) is 0 Å². The summed E-state index contributed by atoms with van der Waals surface area (Å²) < 4.78 is 1.42. The quantitative estimate of drug-likeness (QED) is 0.898. The van der Waals surface area contributed by atoms with Gasteiger partial charge in [-0.05, 0) is 25.1 Å². The van der Waals surface area contributed by atoms with Crippen LogP contribution in [0, 0.1) is 6.92 Å². The number of nitrogens with one attached hydrogen (secondary N) is 2. The van der Waals surface area contributed by atoms with Crippen LogP contribution < -0.4 is 16.2 Å². The first-order valence-corrected chi connectivity index (χ1v) is 7.23. The van der Waals surface area contributed by atoms with Crippen LogP contribution in [0.5, 0.6) is 0 Å². The molecule has 2 aromatic rings. The number of nitrogens with zero attached hydrogens (tertiary/aromatic N) is 2. The molecule has 6 nitrogen and oxygen atoms in total. The van der Waals surface area contributed by atoms with E-state index in [4.69, 9.17) is 23.2 Å². The van der Waals surface area contributed by atoms with Gasteiger partial charge >= 0.3 is 6.03 Å². The van der Waals surface area contributed by atoms with E-state index >= 15 is 0 Å². The van der Waals surface area contributed by atoms with Gasteiger partial charge in [-0.3, -0.25) is 9.36 Å². The summed E-state index contributed by atoms with van der Waals surface area (Å²) in [5.41, 5.74) is 0.991. The van der Waals surface area contributed by atoms with Gasteiger partial charge in [0.15, 0.2) is 0 Å². The lowest BCUT2D eigenvalue weighted by Crippen LogP contribution is -2.33. The Morgan fingerprint density at radius 3 is 2.55 bits per heavy atom. The summed E-state index contributed by atoms with van der Waals surface area (Å²) >= 11 is 11.7.